The number of thiophene rings is 1. The molecule has 2 heterocycles. The largest absolute Gasteiger partial charge is 0.319 e. The monoisotopic (exact) mass is 235 g/mol. The Morgan fingerprint density at radius 2 is 2.31 bits per heavy atom. The SMILES string of the molecule is CNCCc1c(-c2cccs2)c(C)nn1C. The van der Waals surface area contributed by atoms with Crippen molar-refractivity contribution in [1.29, 1.82) is 0 Å². The highest BCUT2D eigenvalue weighted by Crippen LogP contribution is 2.30. The average Bonchev–Trinajstić information content (AvgIpc) is 2.83. The van der Waals surface area contributed by atoms with Gasteiger partial charge in [-0.2, -0.15) is 5.10 Å². The summed E-state index contributed by atoms with van der Waals surface area (Å²) in [6.45, 7) is 3.06. The minimum absolute atomic E-state index is 0.983. The van der Waals surface area contributed by atoms with Crippen LogP contribution in [0.5, 0.6) is 0 Å². The number of rotatable bonds is 4. The molecule has 0 bridgehead atoms. The highest BCUT2D eigenvalue weighted by atomic mass is 32.1. The van der Waals surface area contributed by atoms with Gasteiger partial charge < -0.3 is 5.32 Å². The van der Waals surface area contributed by atoms with E-state index in [-0.39, 0.29) is 0 Å². The number of nitrogens with zero attached hydrogens (tertiary/aromatic N) is 2. The maximum absolute atomic E-state index is 4.52. The normalized spacial score (nSPS) is 10.9. The second-order valence-electron chi connectivity index (χ2n) is 3.86. The van der Waals surface area contributed by atoms with E-state index in [1.807, 2.05) is 18.8 Å². The summed E-state index contributed by atoms with van der Waals surface area (Å²) < 4.78 is 2.00. The fraction of sp³-hybridized carbons (Fsp3) is 0.417. The van der Waals surface area contributed by atoms with Gasteiger partial charge in [-0.15, -0.1) is 11.3 Å². The summed E-state index contributed by atoms with van der Waals surface area (Å²) in [5.41, 5.74) is 3.75. The van der Waals surface area contributed by atoms with Gasteiger partial charge in [0.15, 0.2) is 0 Å². The van der Waals surface area contributed by atoms with Gasteiger partial charge in [-0.3, -0.25) is 4.68 Å². The van der Waals surface area contributed by atoms with E-state index in [2.05, 4.69) is 34.9 Å². The zero-order valence-electron chi connectivity index (χ0n) is 9.95. The van der Waals surface area contributed by atoms with Crippen LogP contribution in [0.3, 0.4) is 0 Å². The highest BCUT2D eigenvalue weighted by Gasteiger charge is 2.14. The molecule has 0 amide bonds. The summed E-state index contributed by atoms with van der Waals surface area (Å²) in [4.78, 5) is 1.32. The van der Waals surface area contributed by atoms with E-state index in [1.54, 1.807) is 11.3 Å². The third-order valence-corrected chi connectivity index (χ3v) is 3.61. The molecule has 0 unspecified atom stereocenters. The lowest BCUT2D eigenvalue weighted by atomic mass is 10.1. The molecule has 0 aromatic carbocycles. The summed E-state index contributed by atoms with van der Waals surface area (Å²) in [5.74, 6) is 0. The molecule has 0 atom stereocenters. The van der Waals surface area contributed by atoms with Gasteiger partial charge >= 0.3 is 0 Å². The first kappa shape index (κ1) is 11.4. The van der Waals surface area contributed by atoms with Crippen LogP contribution in [0.1, 0.15) is 11.4 Å². The summed E-state index contributed by atoms with van der Waals surface area (Å²) in [6, 6.07) is 4.26. The molecule has 0 saturated carbocycles. The average molecular weight is 235 g/mol. The summed E-state index contributed by atoms with van der Waals surface area (Å²) in [6.07, 6.45) is 1.01. The van der Waals surface area contributed by atoms with Crippen molar-refractivity contribution in [3.63, 3.8) is 0 Å². The van der Waals surface area contributed by atoms with Gasteiger partial charge in [-0.1, -0.05) is 6.07 Å². The van der Waals surface area contributed by atoms with Crippen molar-refractivity contribution in [2.45, 2.75) is 13.3 Å². The first-order valence-electron chi connectivity index (χ1n) is 5.45. The van der Waals surface area contributed by atoms with Crippen molar-refractivity contribution < 1.29 is 0 Å². The van der Waals surface area contributed by atoms with Crippen molar-refractivity contribution in [1.82, 2.24) is 15.1 Å². The predicted molar refractivity (Wildman–Crippen MR) is 68.9 cm³/mol. The van der Waals surface area contributed by atoms with Gasteiger partial charge in [0.2, 0.25) is 0 Å². The topological polar surface area (TPSA) is 29.9 Å². The standard InChI is InChI=1S/C12H17N3S/c1-9-12(11-5-4-8-16-11)10(6-7-13-2)15(3)14-9/h4-5,8,13H,6-7H2,1-3H3. The molecular weight excluding hydrogens is 218 g/mol. The molecule has 2 rings (SSSR count). The van der Waals surface area contributed by atoms with Crippen LogP contribution in [-0.2, 0) is 13.5 Å². The second kappa shape index (κ2) is 4.80. The van der Waals surface area contributed by atoms with Gasteiger partial charge in [0.25, 0.3) is 0 Å². The van der Waals surface area contributed by atoms with Crippen molar-refractivity contribution in [2.75, 3.05) is 13.6 Å². The Morgan fingerprint density at radius 3 is 2.94 bits per heavy atom. The van der Waals surface area contributed by atoms with Crippen molar-refractivity contribution >= 4 is 11.3 Å². The zero-order valence-corrected chi connectivity index (χ0v) is 10.8. The van der Waals surface area contributed by atoms with E-state index in [4.69, 9.17) is 0 Å². The van der Waals surface area contributed by atoms with Crippen LogP contribution < -0.4 is 5.32 Å². The fourth-order valence-electron chi connectivity index (χ4n) is 1.98. The molecule has 2 aromatic heterocycles. The lowest BCUT2D eigenvalue weighted by Gasteiger charge is -2.04. The first-order valence-corrected chi connectivity index (χ1v) is 6.33. The first-order chi connectivity index (χ1) is 7.74. The Labute approximate surface area is 100 Å². The summed E-state index contributed by atoms with van der Waals surface area (Å²) in [7, 11) is 4.00. The van der Waals surface area contributed by atoms with E-state index in [0.29, 0.717) is 0 Å². The molecule has 0 aliphatic carbocycles. The Bertz CT molecular complexity index is 457. The Kier molecular flexibility index (Phi) is 3.41. The molecule has 3 nitrogen and oxygen atoms in total. The number of aromatic nitrogens is 2. The predicted octanol–water partition coefficient (Wildman–Crippen LogP) is 2.22. The Balaban J connectivity index is 2.42. The number of hydrogen-bond donors (Lipinski definition) is 1. The Morgan fingerprint density at radius 1 is 1.50 bits per heavy atom. The lowest BCUT2D eigenvalue weighted by molar-refractivity contribution is 0.678. The van der Waals surface area contributed by atoms with E-state index in [9.17, 15) is 0 Å². The maximum Gasteiger partial charge on any atom is 0.0683 e. The molecule has 2 aromatic rings. The number of aryl methyl sites for hydroxylation is 2. The van der Waals surface area contributed by atoms with Crippen LogP contribution in [-0.4, -0.2) is 23.4 Å². The van der Waals surface area contributed by atoms with Crippen LogP contribution in [0.2, 0.25) is 0 Å². The molecular formula is C12H17N3S. The Hall–Kier alpha value is -1.13. The molecule has 1 N–H and O–H groups in total. The van der Waals surface area contributed by atoms with Gasteiger partial charge in [-0.25, -0.2) is 0 Å². The van der Waals surface area contributed by atoms with Gasteiger partial charge in [0.1, 0.15) is 0 Å². The lowest BCUT2D eigenvalue weighted by Crippen LogP contribution is -2.13. The van der Waals surface area contributed by atoms with E-state index < -0.39 is 0 Å². The molecule has 0 radical (unpaired) electrons. The highest BCUT2D eigenvalue weighted by molar-refractivity contribution is 7.13. The number of nitrogens with one attached hydrogen (secondary N) is 1. The van der Waals surface area contributed by atoms with Crippen LogP contribution >= 0.6 is 11.3 Å². The second-order valence-corrected chi connectivity index (χ2v) is 4.81. The van der Waals surface area contributed by atoms with Gasteiger partial charge in [-0.05, 0) is 25.4 Å². The minimum Gasteiger partial charge on any atom is -0.319 e. The summed E-state index contributed by atoms with van der Waals surface area (Å²) in [5, 5.41) is 9.82. The van der Waals surface area contributed by atoms with Crippen LogP contribution in [0.15, 0.2) is 17.5 Å². The van der Waals surface area contributed by atoms with E-state index in [0.717, 1.165) is 18.7 Å². The van der Waals surface area contributed by atoms with Crippen LogP contribution in [0.25, 0.3) is 10.4 Å². The fourth-order valence-corrected chi connectivity index (χ4v) is 2.82. The molecule has 0 saturated heterocycles. The van der Waals surface area contributed by atoms with Gasteiger partial charge in [0, 0.05) is 36.1 Å². The number of likely N-dealkylation sites (N-methyl/N-ethyl adjacent to an activating group) is 1. The van der Waals surface area contributed by atoms with Crippen molar-refractivity contribution in [3.8, 4) is 10.4 Å². The maximum atomic E-state index is 4.52. The molecule has 86 valence electrons. The molecule has 16 heavy (non-hydrogen) atoms. The van der Waals surface area contributed by atoms with Crippen LogP contribution in [0.4, 0.5) is 0 Å². The van der Waals surface area contributed by atoms with Crippen molar-refractivity contribution in [3.05, 3.63) is 28.9 Å². The zero-order chi connectivity index (χ0) is 11.5. The molecule has 0 fully saturated rings. The summed E-state index contributed by atoms with van der Waals surface area (Å²) >= 11 is 1.78. The third kappa shape index (κ3) is 2.03. The third-order valence-electron chi connectivity index (χ3n) is 2.72. The smallest absolute Gasteiger partial charge is 0.0683 e. The van der Waals surface area contributed by atoms with Crippen LogP contribution in [0, 0.1) is 6.92 Å². The minimum atomic E-state index is 0.983. The van der Waals surface area contributed by atoms with E-state index >= 15 is 0 Å². The van der Waals surface area contributed by atoms with E-state index in [1.165, 1.54) is 16.1 Å². The molecule has 0 spiro atoms. The molecule has 0 aliphatic heterocycles. The quantitative estimate of drug-likeness (QED) is 0.880. The van der Waals surface area contributed by atoms with Crippen molar-refractivity contribution in [2.24, 2.45) is 7.05 Å². The van der Waals surface area contributed by atoms with Gasteiger partial charge in [0.05, 0.1) is 5.69 Å². The molecule has 4 heteroatoms. The molecule has 0 aliphatic rings. The number of hydrogen-bond acceptors (Lipinski definition) is 3.